The van der Waals surface area contributed by atoms with E-state index in [1.807, 2.05) is 9.80 Å². The monoisotopic (exact) mass is 636 g/mol. The number of likely N-dealkylation sites (N-methyl/N-ethyl adjacent to an activating group) is 1. The van der Waals surface area contributed by atoms with Crippen LogP contribution >= 0.6 is 0 Å². The first-order valence-electron chi connectivity index (χ1n) is 15.2. The second-order valence-corrected chi connectivity index (χ2v) is 12.0. The quantitative estimate of drug-likeness (QED) is 0.372. The molecule has 0 aliphatic carbocycles. The molecular weight excluding hydrogens is 601 g/mol. The molecule has 1 atom stereocenters. The number of amides is 1. The van der Waals surface area contributed by atoms with Crippen LogP contribution in [0.2, 0.25) is 0 Å². The van der Waals surface area contributed by atoms with Crippen molar-refractivity contribution in [3.63, 3.8) is 0 Å². The molecular formula is C31H35F3N10O2. The SMILES string of the molecule is C=CC(=O)N1CCN(c2nc(N3CC(N4CCN(C)CC4)C3)nc3c(=O)n(-c4cccc(C)c4C(F)(F)F)ncc23)C[C@@H]1CC#N. The molecule has 3 aliphatic rings. The smallest absolute Gasteiger partial charge is 0.352 e. The van der Waals surface area contributed by atoms with Crippen molar-refractivity contribution in [2.24, 2.45) is 0 Å². The molecule has 12 nitrogen and oxygen atoms in total. The number of anilines is 2. The predicted octanol–water partition coefficient (Wildman–Crippen LogP) is 2.06. The average Bonchev–Trinajstić information content (AvgIpc) is 3.00. The van der Waals surface area contributed by atoms with E-state index in [2.05, 4.69) is 39.6 Å². The van der Waals surface area contributed by atoms with Gasteiger partial charge >= 0.3 is 6.18 Å². The largest absolute Gasteiger partial charge is 0.418 e. The minimum absolute atomic E-state index is 0.0335. The van der Waals surface area contributed by atoms with Gasteiger partial charge in [-0.1, -0.05) is 18.7 Å². The van der Waals surface area contributed by atoms with Crippen molar-refractivity contribution >= 4 is 28.6 Å². The van der Waals surface area contributed by atoms with Crippen LogP contribution in [0, 0.1) is 18.3 Å². The number of carbonyl (C=O) groups is 1. The van der Waals surface area contributed by atoms with Gasteiger partial charge in [0, 0.05) is 64.9 Å². The molecule has 3 saturated heterocycles. The zero-order chi connectivity index (χ0) is 32.7. The van der Waals surface area contributed by atoms with Crippen LogP contribution in [0.4, 0.5) is 24.9 Å². The van der Waals surface area contributed by atoms with Crippen molar-refractivity contribution in [1.29, 1.82) is 5.26 Å². The van der Waals surface area contributed by atoms with E-state index in [4.69, 9.17) is 4.98 Å². The van der Waals surface area contributed by atoms with Crippen LogP contribution in [-0.4, -0.2) is 118 Å². The van der Waals surface area contributed by atoms with E-state index in [1.165, 1.54) is 37.4 Å². The summed E-state index contributed by atoms with van der Waals surface area (Å²) < 4.78 is 43.2. The lowest BCUT2D eigenvalue weighted by Crippen LogP contribution is -2.63. The number of piperazine rings is 2. The molecule has 1 aromatic carbocycles. The zero-order valence-corrected chi connectivity index (χ0v) is 25.7. The third kappa shape index (κ3) is 5.78. The van der Waals surface area contributed by atoms with E-state index in [0.29, 0.717) is 37.4 Å². The van der Waals surface area contributed by atoms with Gasteiger partial charge < -0.3 is 19.6 Å². The summed E-state index contributed by atoms with van der Waals surface area (Å²) >= 11 is 0. The van der Waals surface area contributed by atoms with Crippen LogP contribution < -0.4 is 15.4 Å². The van der Waals surface area contributed by atoms with Crippen LogP contribution in [0.25, 0.3) is 16.6 Å². The fraction of sp³-hybridized carbons (Fsp3) is 0.484. The van der Waals surface area contributed by atoms with E-state index in [9.17, 15) is 28.0 Å². The number of aromatic nitrogens is 4. The maximum absolute atomic E-state index is 14.2. The number of carbonyl (C=O) groups excluding carboxylic acids is 1. The van der Waals surface area contributed by atoms with Gasteiger partial charge in [-0.05, 0) is 31.7 Å². The first-order chi connectivity index (χ1) is 22.0. The van der Waals surface area contributed by atoms with Crippen molar-refractivity contribution in [3.05, 3.63) is 58.5 Å². The number of aryl methyl sites for hydroxylation is 1. The highest BCUT2D eigenvalue weighted by Crippen LogP contribution is 2.36. The molecule has 2 aromatic heterocycles. The van der Waals surface area contributed by atoms with Crippen molar-refractivity contribution in [1.82, 2.24) is 34.4 Å². The van der Waals surface area contributed by atoms with Gasteiger partial charge in [0.2, 0.25) is 11.9 Å². The van der Waals surface area contributed by atoms with Gasteiger partial charge in [-0.15, -0.1) is 0 Å². The molecule has 6 rings (SSSR count). The molecule has 0 bridgehead atoms. The van der Waals surface area contributed by atoms with Gasteiger partial charge in [0.25, 0.3) is 5.56 Å². The number of rotatable bonds is 6. The first-order valence-corrected chi connectivity index (χ1v) is 15.2. The molecule has 3 fully saturated rings. The van der Waals surface area contributed by atoms with Gasteiger partial charge in [-0.2, -0.15) is 33.2 Å². The Morgan fingerprint density at radius 2 is 1.83 bits per heavy atom. The molecule has 0 radical (unpaired) electrons. The molecule has 242 valence electrons. The fourth-order valence-electron chi connectivity index (χ4n) is 6.52. The Labute approximate surface area is 263 Å². The highest BCUT2D eigenvalue weighted by Gasteiger charge is 2.38. The van der Waals surface area contributed by atoms with E-state index >= 15 is 0 Å². The van der Waals surface area contributed by atoms with Crippen LogP contribution in [0.3, 0.4) is 0 Å². The summed E-state index contributed by atoms with van der Waals surface area (Å²) in [5.74, 6) is 0.394. The molecule has 3 aliphatic heterocycles. The molecule has 15 heteroatoms. The standard InChI is InChI=1S/C31H35F3N10O2/c1-4-25(45)43-15-14-41(17-21(43)8-9-35)28-23-16-36-44(24-7-5-6-20(2)26(24)31(32,33)34)29(46)27(23)37-30(38-28)42-18-22(19-42)40-12-10-39(3)11-13-40/h4-7,16,21-22H,1,8,10-15,17-19H2,2-3H3/t21-/m0/s1. The van der Waals surface area contributed by atoms with Crippen molar-refractivity contribution in [3.8, 4) is 11.8 Å². The third-order valence-electron chi connectivity index (χ3n) is 9.14. The number of hydrogen-bond acceptors (Lipinski definition) is 10. The molecule has 1 amide bonds. The summed E-state index contributed by atoms with van der Waals surface area (Å²) in [4.78, 5) is 46.2. The number of halogens is 3. The summed E-state index contributed by atoms with van der Waals surface area (Å²) in [7, 11) is 2.10. The second-order valence-electron chi connectivity index (χ2n) is 12.0. The van der Waals surface area contributed by atoms with Crippen molar-refractivity contribution in [2.75, 3.05) is 75.8 Å². The van der Waals surface area contributed by atoms with Crippen LogP contribution in [-0.2, 0) is 11.0 Å². The molecule has 5 heterocycles. The van der Waals surface area contributed by atoms with Crippen molar-refractivity contribution < 1.29 is 18.0 Å². The number of nitrogens with zero attached hydrogens (tertiary/aromatic N) is 10. The van der Waals surface area contributed by atoms with Crippen LogP contribution in [0.15, 0.2) is 41.8 Å². The number of nitriles is 1. The minimum Gasteiger partial charge on any atom is -0.352 e. The van der Waals surface area contributed by atoms with E-state index in [1.54, 1.807) is 4.90 Å². The van der Waals surface area contributed by atoms with E-state index < -0.39 is 23.3 Å². The lowest BCUT2D eigenvalue weighted by molar-refractivity contribution is -0.138. The lowest BCUT2D eigenvalue weighted by Gasteiger charge is -2.48. The fourth-order valence-corrected chi connectivity index (χ4v) is 6.52. The Morgan fingerprint density at radius 1 is 1.09 bits per heavy atom. The number of fused-ring (bicyclic) bond motifs is 1. The second kappa shape index (κ2) is 12.3. The van der Waals surface area contributed by atoms with E-state index in [-0.39, 0.29) is 47.6 Å². The van der Waals surface area contributed by atoms with Gasteiger partial charge in [-0.25, -0.2) is 4.98 Å². The minimum atomic E-state index is -4.72. The van der Waals surface area contributed by atoms with Crippen LogP contribution in [0.5, 0.6) is 0 Å². The Hall–Kier alpha value is -4.55. The summed E-state index contributed by atoms with van der Waals surface area (Å²) in [5.41, 5.74) is -2.23. The molecule has 0 unspecified atom stereocenters. The van der Waals surface area contributed by atoms with E-state index in [0.717, 1.165) is 30.9 Å². The Bertz CT molecular complexity index is 1760. The maximum atomic E-state index is 14.2. The third-order valence-corrected chi connectivity index (χ3v) is 9.14. The Kier molecular flexibility index (Phi) is 8.43. The Balaban J connectivity index is 1.43. The normalized spacial score (nSPS) is 20.1. The van der Waals surface area contributed by atoms with Gasteiger partial charge in [0.1, 0.15) is 11.3 Å². The van der Waals surface area contributed by atoms with Crippen LogP contribution in [0.1, 0.15) is 17.5 Å². The lowest BCUT2D eigenvalue weighted by atomic mass is 10.1. The summed E-state index contributed by atoms with van der Waals surface area (Å²) in [6, 6.07) is 5.98. The highest BCUT2D eigenvalue weighted by atomic mass is 19.4. The number of benzene rings is 1. The van der Waals surface area contributed by atoms with Gasteiger partial charge in [0.05, 0.1) is 41.4 Å². The topological polar surface area (TPSA) is 118 Å². The molecule has 0 saturated carbocycles. The summed E-state index contributed by atoms with van der Waals surface area (Å²) in [6.07, 6.45) is -2.11. The molecule has 0 spiro atoms. The first kappa shape index (κ1) is 31.4. The van der Waals surface area contributed by atoms with Gasteiger partial charge in [0.15, 0.2) is 0 Å². The summed E-state index contributed by atoms with van der Waals surface area (Å²) in [6.45, 7) is 10.9. The average molecular weight is 637 g/mol. The maximum Gasteiger partial charge on any atom is 0.418 e. The zero-order valence-electron chi connectivity index (χ0n) is 25.7. The predicted molar refractivity (Wildman–Crippen MR) is 166 cm³/mol. The number of hydrogen-bond donors (Lipinski definition) is 0. The molecule has 0 N–H and O–H groups in total. The Morgan fingerprint density at radius 3 is 2.50 bits per heavy atom. The highest BCUT2D eigenvalue weighted by molar-refractivity contribution is 5.90. The summed E-state index contributed by atoms with van der Waals surface area (Å²) in [5, 5.41) is 14.0. The molecule has 3 aromatic rings. The number of alkyl halides is 3. The molecule has 46 heavy (non-hydrogen) atoms. The van der Waals surface area contributed by atoms with Crippen molar-refractivity contribution in [2.45, 2.75) is 31.6 Å². The van der Waals surface area contributed by atoms with Gasteiger partial charge in [-0.3, -0.25) is 14.5 Å².